The van der Waals surface area contributed by atoms with Crippen molar-refractivity contribution < 1.29 is 9.53 Å². The Morgan fingerprint density at radius 2 is 2.15 bits per heavy atom. The van der Waals surface area contributed by atoms with Crippen LogP contribution in [0.1, 0.15) is 55.8 Å². The molecule has 1 amide bonds. The molecule has 0 radical (unpaired) electrons. The molecule has 0 aliphatic heterocycles. The van der Waals surface area contributed by atoms with E-state index in [1.165, 1.54) is 32.1 Å². The first-order chi connectivity index (χ1) is 13.2. The van der Waals surface area contributed by atoms with Crippen molar-refractivity contribution in [2.45, 2.75) is 57.6 Å². The van der Waals surface area contributed by atoms with Gasteiger partial charge in [0.15, 0.2) is 0 Å². The van der Waals surface area contributed by atoms with E-state index in [1.807, 2.05) is 47.0 Å². The first-order valence-electron chi connectivity index (χ1n) is 10.1. The zero-order valence-corrected chi connectivity index (χ0v) is 16.3. The molecule has 27 heavy (non-hydrogen) atoms. The molecule has 0 bridgehead atoms. The van der Waals surface area contributed by atoms with Gasteiger partial charge in [0.05, 0.1) is 12.4 Å². The molecule has 1 aromatic heterocycles. The van der Waals surface area contributed by atoms with Gasteiger partial charge in [-0.25, -0.2) is 4.98 Å². The summed E-state index contributed by atoms with van der Waals surface area (Å²) < 4.78 is 7.98. The molecule has 4 rings (SSSR count). The summed E-state index contributed by atoms with van der Waals surface area (Å²) in [5.74, 6) is 0.0989. The summed E-state index contributed by atoms with van der Waals surface area (Å²) in [6.07, 6.45) is 12.8. The molecule has 0 N–H and O–H groups in total. The summed E-state index contributed by atoms with van der Waals surface area (Å²) in [6, 6.07) is 8.07. The number of carbonyl (C=O) groups excluding carboxylic acids is 1. The van der Waals surface area contributed by atoms with Crippen molar-refractivity contribution in [1.82, 2.24) is 14.5 Å². The molecular formula is C22H29N3O2. The number of rotatable bonds is 5. The molecule has 2 aromatic rings. The van der Waals surface area contributed by atoms with Gasteiger partial charge in [0.25, 0.3) is 5.91 Å². The number of aromatic nitrogens is 2. The fourth-order valence-electron chi connectivity index (χ4n) is 5.13. The van der Waals surface area contributed by atoms with E-state index >= 15 is 0 Å². The fourth-order valence-corrected chi connectivity index (χ4v) is 5.13. The van der Waals surface area contributed by atoms with Crippen LogP contribution in [0.4, 0.5) is 0 Å². The molecule has 5 nitrogen and oxygen atoms in total. The van der Waals surface area contributed by atoms with Crippen molar-refractivity contribution >= 4 is 5.91 Å². The lowest BCUT2D eigenvalue weighted by Crippen LogP contribution is -2.65. The molecule has 5 heteroatoms. The highest BCUT2D eigenvalue weighted by molar-refractivity contribution is 5.95. The maximum Gasteiger partial charge on any atom is 0.253 e. The van der Waals surface area contributed by atoms with Crippen LogP contribution in [0.5, 0.6) is 0 Å². The number of carbonyl (C=O) groups is 1. The van der Waals surface area contributed by atoms with Crippen LogP contribution in [0.25, 0.3) is 5.69 Å². The predicted molar refractivity (Wildman–Crippen MR) is 105 cm³/mol. The third-order valence-electron chi connectivity index (χ3n) is 6.58. The second kappa shape index (κ2) is 7.47. The molecule has 2 atom stereocenters. The monoisotopic (exact) mass is 367 g/mol. The van der Waals surface area contributed by atoms with Crippen LogP contribution in [0.3, 0.4) is 0 Å². The minimum atomic E-state index is 0.0989. The van der Waals surface area contributed by atoms with Gasteiger partial charge in [0.1, 0.15) is 0 Å². The number of nitrogens with zero attached hydrogens (tertiary/aromatic N) is 3. The lowest BCUT2D eigenvalue weighted by atomic mass is 9.54. The second-order valence-electron chi connectivity index (χ2n) is 7.93. The van der Waals surface area contributed by atoms with Crippen LogP contribution < -0.4 is 0 Å². The first-order valence-corrected chi connectivity index (χ1v) is 10.1. The van der Waals surface area contributed by atoms with E-state index in [-0.39, 0.29) is 17.4 Å². The molecule has 0 saturated heterocycles. The van der Waals surface area contributed by atoms with Gasteiger partial charge < -0.3 is 14.2 Å². The SMILES string of the molecule is CCO[C@H]1C[C@@H](N(C)C(=O)c2cccc(-n3ccnc3)c2)C12CCCCC2. The summed E-state index contributed by atoms with van der Waals surface area (Å²) in [5.41, 5.74) is 1.84. The zero-order chi connectivity index (χ0) is 18.9. The Bertz CT molecular complexity index is 781. The van der Waals surface area contributed by atoms with Gasteiger partial charge >= 0.3 is 0 Å². The number of ether oxygens (including phenoxy) is 1. The van der Waals surface area contributed by atoms with Crippen LogP contribution >= 0.6 is 0 Å². The smallest absolute Gasteiger partial charge is 0.253 e. The van der Waals surface area contributed by atoms with Gasteiger partial charge in [-0.2, -0.15) is 0 Å². The average Bonchev–Trinajstić information content (AvgIpc) is 3.25. The van der Waals surface area contributed by atoms with E-state index in [2.05, 4.69) is 11.9 Å². The summed E-state index contributed by atoms with van der Waals surface area (Å²) in [7, 11) is 1.97. The Kier molecular flexibility index (Phi) is 5.04. The third-order valence-corrected chi connectivity index (χ3v) is 6.58. The van der Waals surface area contributed by atoms with Crippen LogP contribution in [-0.4, -0.2) is 46.2 Å². The summed E-state index contributed by atoms with van der Waals surface area (Å²) >= 11 is 0. The molecule has 1 aromatic carbocycles. The summed E-state index contributed by atoms with van der Waals surface area (Å²) in [6.45, 7) is 2.82. The normalized spacial score (nSPS) is 23.8. The number of amides is 1. The molecule has 1 heterocycles. The Morgan fingerprint density at radius 1 is 1.33 bits per heavy atom. The summed E-state index contributed by atoms with van der Waals surface area (Å²) in [5, 5.41) is 0. The highest BCUT2D eigenvalue weighted by Crippen LogP contribution is 2.55. The maximum atomic E-state index is 13.3. The van der Waals surface area contributed by atoms with E-state index in [0.29, 0.717) is 6.10 Å². The first kappa shape index (κ1) is 18.2. The zero-order valence-electron chi connectivity index (χ0n) is 16.3. The number of benzene rings is 1. The van der Waals surface area contributed by atoms with E-state index in [9.17, 15) is 4.79 Å². The van der Waals surface area contributed by atoms with E-state index < -0.39 is 0 Å². The number of imidazole rings is 1. The van der Waals surface area contributed by atoms with Gasteiger partial charge in [0, 0.05) is 48.8 Å². The van der Waals surface area contributed by atoms with Crippen molar-refractivity contribution in [2.75, 3.05) is 13.7 Å². The van der Waals surface area contributed by atoms with E-state index in [4.69, 9.17) is 4.74 Å². The number of hydrogen-bond acceptors (Lipinski definition) is 3. The molecule has 2 fully saturated rings. The quantitative estimate of drug-likeness (QED) is 0.800. The molecule has 2 saturated carbocycles. The summed E-state index contributed by atoms with van der Waals surface area (Å²) in [4.78, 5) is 19.3. The Morgan fingerprint density at radius 3 is 2.85 bits per heavy atom. The molecule has 1 spiro atoms. The van der Waals surface area contributed by atoms with E-state index in [1.54, 1.807) is 12.5 Å². The van der Waals surface area contributed by atoms with Crippen molar-refractivity contribution in [2.24, 2.45) is 5.41 Å². The van der Waals surface area contributed by atoms with Crippen LogP contribution in [0.15, 0.2) is 43.0 Å². The minimum absolute atomic E-state index is 0.0989. The minimum Gasteiger partial charge on any atom is -0.378 e. The highest BCUT2D eigenvalue weighted by Gasteiger charge is 2.57. The molecule has 2 aliphatic carbocycles. The van der Waals surface area contributed by atoms with Crippen LogP contribution in [0, 0.1) is 5.41 Å². The van der Waals surface area contributed by atoms with Crippen molar-refractivity contribution in [1.29, 1.82) is 0 Å². The van der Waals surface area contributed by atoms with E-state index in [0.717, 1.165) is 24.3 Å². The van der Waals surface area contributed by atoms with Gasteiger partial charge in [0.2, 0.25) is 0 Å². The largest absolute Gasteiger partial charge is 0.378 e. The van der Waals surface area contributed by atoms with Crippen molar-refractivity contribution in [3.05, 3.63) is 48.5 Å². The lowest BCUT2D eigenvalue weighted by Gasteiger charge is -2.60. The van der Waals surface area contributed by atoms with Crippen molar-refractivity contribution in [3.8, 4) is 5.69 Å². The third kappa shape index (κ3) is 3.18. The molecule has 2 aliphatic rings. The standard InChI is InChI=1S/C22H29N3O2/c1-3-27-20-15-19(22(20)10-5-4-6-11-22)24(2)21(26)17-8-7-9-18(14-17)25-13-12-23-16-25/h7-9,12-14,16,19-20H,3-6,10-11,15H2,1-2H3/t19-,20+/m1/s1. The topological polar surface area (TPSA) is 47.4 Å². The van der Waals surface area contributed by atoms with Gasteiger partial charge in [-0.3, -0.25) is 4.79 Å². The highest BCUT2D eigenvalue weighted by atomic mass is 16.5. The van der Waals surface area contributed by atoms with Gasteiger partial charge in [-0.05, 0) is 44.4 Å². The molecule has 144 valence electrons. The lowest BCUT2D eigenvalue weighted by molar-refractivity contribution is -0.170. The predicted octanol–water partition coefficient (Wildman–Crippen LogP) is 4.07. The fraction of sp³-hybridized carbons (Fsp3) is 0.545. The molecule has 0 unspecified atom stereocenters. The van der Waals surface area contributed by atoms with Gasteiger partial charge in [-0.1, -0.05) is 25.3 Å². The maximum absolute atomic E-state index is 13.3. The Balaban J connectivity index is 1.55. The number of hydrogen-bond donors (Lipinski definition) is 0. The Labute approximate surface area is 161 Å². The van der Waals surface area contributed by atoms with Crippen LogP contribution in [0.2, 0.25) is 0 Å². The average molecular weight is 367 g/mol. The Hall–Kier alpha value is -2.14. The van der Waals surface area contributed by atoms with Crippen molar-refractivity contribution in [3.63, 3.8) is 0 Å². The van der Waals surface area contributed by atoms with Crippen LogP contribution in [-0.2, 0) is 4.74 Å². The molecular weight excluding hydrogens is 338 g/mol. The second-order valence-corrected chi connectivity index (χ2v) is 7.93. The van der Waals surface area contributed by atoms with Gasteiger partial charge in [-0.15, -0.1) is 0 Å².